The van der Waals surface area contributed by atoms with Gasteiger partial charge in [0.1, 0.15) is 12.7 Å². The SMILES string of the molecule is COc1cc(/C=C/C(=O)OCc2cccc3ccccc23)ccc1OCC#N. The van der Waals surface area contributed by atoms with E-state index in [1.54, 1.807) is 24.3 Å². The molecule has 3 aromatic carbocycles. The fraction of sp³-hybridized carbons (Fsp3) is 0.130. The summed E-state index contributed by atoms with van der Waals surface area (Å²) in [6.45, 7) is 0.140. The molecule has 3 rings (SSSR count). The molecule has 0 saturated carbocycles. The molecule has 0 saturated heterocycles. The van der Waals surface area contributed by atoms with Crippen molar-refractivity contribution in [3.8, 4) is 17.6 Å². The van der Waals surface area contributed by atoms with E-state index in [0.717, 1.165) is 21.9 Å². The summed E-state index contributed by atoms with van der Waals surface area (Å²) in [4.78, 5) is 12.1. The number of nitriles is 1. The maximum atomic E-state index is 12.1. The summed E-state index contributed by atoms with van der Waals surface area (Å²) in [5.74, 6) is 0.526. The number of methoxy groups -OCH3 is 1. The first-order chi connectivity index (χ1) is 13.7. The molecule has 0 aliphatic heterocycles. The highest BCUT2D eigenvalue weighted by Gasteiger charge is 2.06. The minimum absolute atomic E-state index is 0.0635. The predicted octanol–water partition coefficient (Wildman–Crippen LogP) is 4.51. The topological polar surface area (TPSA) is 68.6 Å². The first kappa shape index (κ1) is 19.0. The van der Waals surface area contributed by atoms with E-state index in [2.05, 4.69) is 0 Å². The van der Waals surface area contributed by atoms with Crippen molar-refractivity contribution >= 4 is 22.8 Å². The van der Waals surface area contributed by atoms with Crippen LogP contribution in [-0.4, -0.2) is 19.7 Å². The number of rotatable bonds is 7. The number of benzene rings is 3. The standard InChI is InChI=1S/C23H19NO4/c1-26-22-15-17(9-11-21(22)27-14-13-24)10-12-23(25)28-16-19-7-4-6-18-5-2-3-8-20(18)19/h2-12,15H,14,16H2,1H3/b12-10+. The maximum absolute atomic E-state index is 12.1. The first-order valence-corrected chi connectivity index (χ1v) is 8.70. The van der Waals surface area contributed by atoms with E-state index in [0.29, 0.717) is 11.5 Å². The van der Waals surface area contributed by atoms with Crippen molar-refractivity contribution in [3.05, 3.63) is 77.9 Å². The zero-order chi connectivity index (χ0) is 19.8. The Labute approximate surface area is 163 Å². The van der Waals surface area contributed by atoms with Gasteiger partial charge in [0, 0.05) is 6.08 Å². The van der Waals surface area contributed by atoms with E-state index in [-0.39, 0.29) is 13.2 Å². The molecule has 0 fully saturated rings. The molecule has 0 unspecified atom stereocenters. The molecular weight excluding hydrogens is 354 g/mol. The molecule has 3 aromatic rings. The average Bonchev–Trinajstić information content (AvgIpc) is 2.74. The Balaban J connectivity index is 1.64. The van der Waals surface area contributed by atoms with E-state index >= 15 is 0 Å². The molecule has 140 valence electrons. The molecule has 0 spiro atoms. The number of hydrogen-bond donors (Lipinski definition) is 0. The van der Waals surface area contributed by atoms with Crippen molar-refractivity contribution in [2.45, 2.75) is 6.61 Å². The normalized spacial score (nSPS) is 10.6. The maximum Gasteiger partial charge on any atom is 0.331 e. The first-order valence-electron chi connectivity index (χ1n) is 8.70. The predicted molar refractivity (Wildman–Crippen MR) is 107 cm³/mol. The van der Waals surface area contributed by atoms with E-state index in [1.165, 1.54) is 13.2 Å². The van der Waals surface area contributed by atoms with Crippen molar-refractivity contribution in [1.29, 1.82) is 5.26 Å². The van der Waals surface area contributed by atoms with Gasteiger partial charge < -0.3 is 14.2 Å². The molecule has 0 heterocycles. The fourth-order valence-electron chi connectivity index (χ4n) is 2.80. The van der Waals surface area contributed by atoms with Gasteiger partial charge in [0.25, 0.3) is 0 Å². The number of esters is 1. The van der Waals surface area contributed by atoms with Gasteiger partial charge in [0.2, 0.25) is 0 Å². The highest BCUT2D eigenvalue weighted by molar-refractivity contribution is 5.88. The van der Waals surface area contributed by atoms with Crippen molar-refractivity contribution in [1.82, 2.24) is 0 Å². The van der Waals surface area contributed by atoms with Crippen LogP contribution in [0.25, 0.3) is 16.8 Å². The van der Waals surface area contributed by atoms with Gasteiger partial charge in [-0.3, -0.25) is 0 Å². The Bertz CT molecular complexity index is 1040. The van der Waals surface area contributed by atoms with Crippen LogP contribution in [-0.2, 0) is 16.1 Å². The molecule has 28 heavy (non-hydrogen) atoms. The van der Waals surface area contributed by atoms with Gasteiger partial charge >= 0.3 is 5.97 Å². The summed E-state index contributed by atoms with van der Waals surface area (Å²) < 4.78 is 15.9. The Morgan fingerprint density at radius 2 is 1.89 bits per heavy atom. The van der Waals surface area contributed by atoms with Crippen LogP contribution in [0.5, 0.6) is 11.5 Å². The van der Waals surface area contributed by atoms with Gasteiger partial charge in [-0.05, 0) is 40.1 Å². The molecule has 0 bridgehead atoms. The quantitative estimate of drug-likeness (QED) is 0.450. The van der Waals surface area contributed by atoms with Gasteiger partial charge in [-0.15, -0.1) is 0 Å². The zero-order valence-corrected chi connectivity index (χ0v) is 15.4. The lowest BCUT2D eigenvalue weighted by Gasteiger charge is -2.09. The summed E-state index contributed by atoms with van der Waals surface area (Å²) in [7, 11) is 1.51. The van der Waals surface area contributed by atoms with Crippen LogP contribution in [0.15, 0.2) is 66.7 Å². The van der Waals surface area contributed by atoms with Crippen molar-refractivity contribution in [2.24, 2.45) is 0 Å². The van der Waals surface area contributed by atoms with E-state index in [1.807, 2.05) is 48.5 Å². The molecule has 0 aromatic heterocycles. The molecule has 0 radical (unpaired) electrons. The van der Waals surface area contributed by atoms with Crippen LogP contribution in [0.2, 0.25) is 0 Å². The van der Waals surface area contributed by atoms with E-state index in [4.69, 9.17) is 19.5 Å². The lowest BCUT2D eigenvalue weighted by Crippen LogP contribution is -2.01. The summed E-state index contributed by atoms with van der Waals surface area (Å²) >= 11 is 0. The van der Waals surface area contributed by atoms with Gasteiger partial charge in [-0.2, -0.15) is 5.26 Å². The summed E-state index contributed by atoms with van der Waals surface area (Å²) in [5.41, 5.74) is 1.71. The molecule has 0 aliphatic rings. The molecule has 0 atom stereocenters. The largest absolute Gasteiger partial charge is 0.493 e. The van der Waals surface area contributed by atoms with Crippen molar-refractivity contribution in [2.75, 3.05) is 13.7 Å². The van der Waals surface area contributed by atoms with E-state index < -0.39 is 5.97 Å². The molecule has 5 heteroatoms. The minimum Gasteiger partial charge on any atom is -0.493 e. The van der Waals surface area contributed by atoms with Crippen LogP contribution < -0.4 is 9.47 Å². The Hall–Kier alpha value is -3.78. The molecule has 0 N–H and O–H groups in total. The smallest absolute Gasteiger partial charge is 0.331 e. The number of hydrogen-bond acceptors (Lipinski definition) is 5. The van der Waals surface area contributed by atoms with Crippen LogP contribution in [0.3, 0.4) is 0 Å². The molecule has 0 amide bonds. The number of carbonyl (C=O) groups is 1. The lowest BCUT2D eigenvalue weighted by molar-refractivity contribution is -0.138. The van der Waals surface area contributed by atoms with Crippen LogP contribution in [0.1, 0.15) is 11.1 Å². The van der Waals surface area contributed by atoms with Gasteiger partial charge in [-0.1, -0.05) is 48.5 Å². The fourth-order valence-corrected chi connectivity index (χ4v) is 2.80. The molecule has 5 nitrogen and oxygen atoms in total. The number of carbonyl (C=O) groups excluding carboxylic acids is 1. The summed E-state index contributed by atoms with van der Waals surface area (Å²) in [6.07, 6.45) is 3.01. The number of ether oxygens (including phenoxy) is 3. The van der Waals surface area contributed by atoms with E-state index in [9.17, 15) is 4.79 Å². The zero-order valence-electron chi connectivity index (χ0n) is 15.4. The van der Waals surface area contributed by atoms with Gasteiger partial charge in [0.05, 0.1) is 7.11 Å². The van der Waals surface area contributed by atoms with Crippen LogP contribution in [0.4, 0.5) is 0 Å². The monoisotopic (exact) mass is 373 g/mol. The van der Waals surface area contributed by atoms with Gasteiger partial charge in [-0.25, -0.2) is 4.79 Å². The Morgan fingerprint density at radius 3 is 2.71 bits per heavy atom. The number of fused-ring (bicyclic) bond motifs is 1. The van der Waals surface area contributed by atoms with Crippen LogP contribution >= 0.6 is 0 Å². The highest BCUT2D eigenvalue weighted by atomic mass is 16.5. The van der Waals surface area contributed by atoms with Gasteiger partial charge in [0.15, 0.2) is 18.1 Å². The highest BCUT2D eigenvalue weighted by Crippen LogP contribution is 2.28. The number of nitrogens with zero attached hydrogens (tertiary/aromatic N) is 1. The third-order valence-electron chi connectivity index (χ3n) is 4.14. The molecular formula is C23H19NO4. The van der Waals surface area contributed by atoms with Crippen molar-refractivity contribution < 1.29 is 19.0 Å². The average molecular weight is 373 g/mol. The minimum atomic E-state index is -0.434. The Morgan fingerprint density at radius 1 is 1.07 bits per heavy atom. The third kappa shape index (κ3) is 4.68. The summed E-state index contributed by atoms with van der Waals surface area (Å²) in [6, 6.07) is 21.0. The Kier molecular flexibility index (Phi) is 6.27. The third-order valence-corrected chi connectivity index (χ3v) is 4.14. The second-order valence-electron chi connectivity index (χ2n) is 5.94. The molecule has 0 aliphatic carbocycles. The second kappa shape index (κ2) is 9.24. The lowest BCUT2D eigenvalue weighted by atomic mass is 10.1. The van der Waals surface area contributed by atoms with Crippen molar-refractivity contribution in [3.63, 3.8) is 0 Å². The van der Waals surface area contributed by atoms with Crippen LogP contribution in [0, 0.1) is 11.3 Å². The second-order valence-corrected chi connectivity index (χ2v) is 5.94. The summed E-state index contributed by atoms with van der Waals surface area (Å²) in [5, 5.41) is 10.8.